The van der Waals surface area contributed by atoms with E-state index in [4.69, 9.17) is 9.47 Å². The summed E-state index contributed by atoms with van der Waals surface area (Å²) in [5.41, 5.74) is -0.826. The second kappa shape index (κ2) is 6.54. The van der Waals surface area contributed by atoms with Gasteiger partial charge in [0.15, 0.2) is 11.5 Å². The average Bonchev–Trinajstić information content (AvgIpc) is 3.18. The Morgan fingerprint density at radius 3 is 2.69 bits per heavy atom. The molecule has 2 aliphatic heterocycles. The van der Waals surface area contributed by atoms with Crippen molar-refractivity contribution in [1.82, 2.24) is 20.9 Å². The number of ether oxygens (including phenoxy) is 2. The normalized spacial score (nSPS) is 20.8. The fourth-order valence-electron chi connectivity index (χ4n) is 2.71. The fourth-order valence-corrected chi connectivity index (χ4v) is 2.71. The van der Waals surface area contributed by atoms with E-state index in [2.05, 4.69) is 16.0 Å². The molecule has 26 heavy (non-hydrogen) atoms. The summed E-state index contributed by atoms with van der Waals surface area (Å²) in [6, 6.07) is 4.24. The quantitative estimate of drug-likeness (QED) is 0.580. The molecule has 0 aliphatic carbocycles. The van der Waals surface area contributed by atoms with E-state index >= 15 is 0 Å². The summed E-state index contributed by atoms with van der Waals surface area (Å²) < 4.78 is 10.5. The second-order valence-electron chi connectivity index (χ2n) is 5.96. The molecule has 1 aromatic carbocycles. The number of rotatable bonds is 5. The van der Waals surface area contributed by atoms with Crippen molar-refractivity contribution in [1.29, 1.82) is 0 Å². The molecule has 0 saturated carbocycles. The first-order chi connectivity index (χ1) is 12.3. The third kappa shape index (κ3) is 3.01. The van der Waals surface area contributed by atoms with Crippen molar-refractivity contribution in [2.75, 3.05) is 26.9 Å². The zero-order valence-corrected chi connectivity index (χ0v) is 14.3. The maximum atomic E-state index is 12.8. The van der Waals surface area contributed by atoms with Gasteiger partial charge in [-0.3, -0.25) is 19.3 Å². The lowest BCUT2D eigenvalue weighted by molar-refractivity contribution is -0.135. The van der Waals surface area contributed by atoms with E-state index in [1.807, 2.05) is 0 Å². The number of amides is 5. The van der Waals surface area contributed by atoms with Crippen molar-refractivity contribution in [2.24, 2.45) is 0 Å². The lowest BCUT2D eigenvalue weighted by atomic mass is 9.91. The molecule has 1 fully saturated rings. The summed E-state index contributed by atoms with van der Waals surface area (Å²) in [5.74, 6) is -0.545. The van der Waals surface area contributed by atoms with Gasteiger partial charge in [0.05, 0.1) is 6.54 Å². The Hall–Kier alpha value is -3.30. The lowest BCUT2D eigenvalue weighted by Gasteiger charge is -2.22. The van der Waals surface area contributed by atoms with Crippen LogP contribution in [0.15, 0.2) is 18.2 Å². The van der Waals surface area contributed by atoms with Gasteiger partial charge in [-0.15, -0.1) is 0 Å². The molecule has 1 saturated heterocycles. The van der Waals surface area contributed by atoms with E-state index in [0.717, 1.165) is 4.90 Å². The fraction of sp³-hybridized carbons (Fsp3) is 0.375. The van der Waals surface area contributed by atoms with Gasteiger partial charge in [0, 0.05) is 7.05 Å². The van der Waals surface area contributed by atoms with Crippen LogP contribution in [-0.2, 0) is 19.9 Å². The van der Waals surface area contributed by atoms with Crippen LogP contribution in [0.5, 0.6) is 11.5 Å². The van der Waals surface area contributed by atoms with Gasteiger partial charge in [0.2, 0.25) is 18.6 Å². The van der Waals surface area contributed by atoms with Crippen molar-refractivity contribution in [3.8, 4) is 11.5 Å². The molecule has 0 unspecified atom stereocenters. The highest BCUT2D eigenvalue weighted by molar-refractivity contribution is 6.09. The Kier molecular flexibility index (Phi) is 4.41. The highest BCUT2D eigenvalue weighted by Gasteiger charge is 2.49. The van der Waals surface area contributed by atoms with Gasteiger partial charge in [-0.2, -0.15) is 0 Å². The predicted molar refractivity (Wildman–Crippen MR) is 87.2 cm³/mol. The second-order valence-corrected chi connectivity index (χ2v) is 5.96. The molecule has 0 aromatic heterocycles. The third-order valence-electron chi connectivity index (χ3n) is 4.25. The number of imide groups is 1. The monoisotopic (exact) mass is 362 g/mol. The molecule has 10 nitrogen and oxygen atoms in total. The van der Waals surface area contributed by atoms with Crippen LogP contribution in [0.1, 0.15) is 12.5 Å². The number of nitrogens with zero attached hydrogens (tertiary/aromatic N) is 1. The minimum atomic E-state index is -1.33. The standard InChI is InChI=1S/C16H18N4O6/c1-16(9-3-4-10-11(5-9)26-8-25-10)14(23)20(15(24)19-16)7-13(22)18-6-12(21)17-2/h3-5H,6-8H2,1-2H3,(H,17,21)(H,18,22)(H,19,24)/t16-/m0/s1. The summed E-state index contributed by atoms with van der Waals surface area (Å²) in [6.45, 7) is 0.918. The SMILES string of the molecule is CNC(=O)CNC(=O)CN1C(=O)N[C@@](C)(c2ccc3c(c2)OCO3)C1=O. The van der Waals surface area contributed by atoms with Crippen LogP contribution in [0, 0.1) is 0 Å². The minimum Gasteiger partial charge on any atom is -0.454 e. The van der Waals surface area contributed by atoms with Crippen molar-refractivity contribution in [3.05, 3.63) is 23.8 Å². The molecule has 2 heterocycles. The van der Waals surface area contributed by atoms with Gasteiger partial charge in [-0.1, -0.05) is 6.07 Å². The number of likely N-dealkylation sites (N-methyl/N-ethyl adjacent to an activating group) is 1. The van der Waals surface area contributed by atoms with Gasteiger partial charge in [-0.25, -0.2) is 4.79 Å². The minimum absolute atomic E-state index is 0.0907. The number of nitrogens with one attached hydrogen (secondary N) is 3. The van der Waals surface area contributed by atoms with Crippen LogP contribution < -0.4 is 25.4 Å². The molecular weight excluding hydrogens is 344 g/mol. The topological polar surface area (TPSA) is 126 Å². The van der Waals surface area contributed by atoms with Crippen LogP contribution >= 0.6 is 0 Å². The highest BCUT2D eigenvalue weighted by Crippen LogP contribution is 2.37. The number of hydrogen-bond acceptors (Lipinski definition) is 6. The molecule has 0 radical (unpaired) electrons. The van der Waals surface area contributed by atoms with Crippen LogP contribution in [0.2, 0.25) is 0 Å². The van der Waals surface area contributed by atoms with Crippen molar-refractivity contribution in [2.45, 2.75) is 12.5 Å². The van der Waals surface area contributed by atoms with Gasteiger partial charge in [0.1, 0.15) is 12.1 Å². The molecule has 3 N–H and O–H groups in total. The Morgan fingerprint density at radius 2 is 1.96 bits per heavy atom. The Bertz CT molecular complexity index is 795. The van der Waals surface area contributed by atoms with E-state index in [1.54, 1.807) is 25.1 Å². The predicted octanol–water partition coefficient (Wildman–Crippen LogP) is -0.955. The molecule has 2 aliphatic rings. The summed E-state index contributed by atoms with van der Waals surface area (Å²) in [4.78, 5) is 48.9. The number of urea groups is 1. The number of fused-ring (bicyclic) bond motifs is 1. The number of benzene rings is 1. The zero-order valence-electron chi connectivity index (χ0n) is 14.3. The first kappa shape index (κ1) is 17.5. The molecule has 138 valence electrons. The largest absolute Gasteiger partial charge is 0.454 e. The van der Waals surface area contributed by atoms with Gasteiger partial charge in [0.25, 0.3) is 5.91 Å². The molecule has 1 aromatic rings. The van der Waals surface area contributed by atoms with Crippen LogP contribution in [0.25, 0.3) is 0 Å². The smallest absolute Gasteiger partial charge is 0.325 e. The molecule has 3 rings (SSSR count). The summed E-state index contributed by atoms with van der Waals surface area (Å²) in [5, 5.41) is 7.29. The summed E-state index contributed by atoms with van der Waals surface area (Å²) in [7, 11) is 1.43. The highest BCUT2D eigenvalue weighted by atomic mass is 16.7. The maximum Gasteiger partial charge on any atom is 0.325 e. The number of carbonyl (C=O) groups is 4. The van der Waals surface area contributed by atoms with Crippen LogP contribution in [0.3, 0.4) is 0 Å². The molecule has 1 atom stereocenters. The zero-order chi connectivity index (χ0) is 18.9. The first-order valence-corrected chi connectivity index (χ1v) is 7.86. The first-order valence-electron chi connectivity index (χ1n) is 7.86. The van der Waals surface area contributed by atoms with E-state index in [-0.39, 0.29) is 19.2 Å². The van der Waals surface area contributed by atoms with Crippen molar-refractivity contribution < 1.29 is 28.7 Å². The van der Waals surface area contributed by atoms with Crippen molar-refractivity contribution >= 4 is 23.8 Å². The molecular formula is C16H18N4O6. The van der Waals surface area contributed by atoms with Gasteiger partial charge in [-0.05, 0) is 24.6 Å². The van der Waals surface area contributed by atoms with Gasteiger partial charge >= 0.3 is 6.03 Å². The van der Waals surface area contributed by atoms with Gasteiger partial charge < -0.3 is 25.4 Å². The van der Waals surface area contributed by atoms with Crippen LogP contribution in [-0.4, -0.2) is 55.6 Å². The molecule has 5 amide bonds. The molecule has 0 spiro atoms. The maximum absolute atomic E-state index is 12.8. The van der Waals surface area contributed by atoms with E-state index < -0.39 is 29.9 Å². The average molecular weight is 362 g/mol. The lowest BCUT2D eigenvalue weighted by Crippen LogP contribution is -2.44. The number of carbonyl (C=O) groups excluding carboxylic acids is 4. The Morgan fingerprint density at radius 1 is 1.23 bits per heavy atom. The van der Waals surface area contributed by atoms with E-state index in [9.17, 15) is 19.2 Å². The van der Waals surface area contributed by atoms with Crippen LogP contribution in [0.4, 0.5) is 4.79 Å². The van der Waals surface area contributed by atoms with Crippen molar-refractivity contribution in [3.63, 3.8) is 0 Å². The number of hydrogen-bond donors (Lipinski definition) is 3. The summed E-state index contributed by atoms with van der Waals surface area (Å²) >= 11 is 0. The molecule has 0 bridgehead atoms. The third-order valence-corrected chi connectivity index (χ3v) is 4.25. The summed E-state index contributed by atoms with van der Waals surface area (Å²) in [6.07, 6.45) is 0. The Balaban J connectivity index is 1.73. The Labute approximate surface area is 148 Å². The van der Waals surface area contributed by atoms with E-state index in [1.165, 1.54) is 7.05 Å². The van der Waals surface area contributed by atoms with E-state index in [0.29, 0.717) is 17.1 Å². The molecule has 10 heteroatoms.